The minimum absolute atomic E-state index is 0.101. The highest BCUT2D eigenvalue weighted by atomic mass is 16.1. The summed E-state index contributed by atoms with van der Waals surface area (Å²) in [5.74, 6) is 1.58. The van der Waals surface area contributed by atoms with Gasteiger partial charge in [-0.15, -0.1) is 10.2 Å². The summed E-state index contributed by atoms with van der Waals surface area (Å²) in [6.07, 6.45) is 5.31. The van der Waals surface area contributed by atoms with Crippen LogP contribution in [0.5, 0.6) is 0 Å². The Balaban J connectivity index is 1.23. The first-order chi connectivity index (χ1) is 14.8. The molecule has 0 atom stereocenters. The van der Waals surface area contributed by atoms with Crippen molar-refractivity contribution in [3.05, 3.63) is 71.4 Å². The monoisotopic (exact) mass is 402 g/mol. The van der Waals surface area contributed by atoms with Gasteiger partial charge >= 0.3 is 0 Å². The van der Waals surface area contributed by atoms with Gasteiger partial charge in [-0.3, -0.25) is 9.69 Å². The molecule has 4 aromatic rings. The summed E-state index contributed by atoms with van der Waals surface area (Å²) in [5, 5.41) is 19.4. The Labute approximate surface area is 173 Å². The quantitative estimate of drug-likeness (QED) is 0.496. The summed E-state index contributed by atoms with van der Waals surface area (Å²) in [7, 11) is 0. The normalized spacial score (nSPS) is 15.0. The summed E-state index contributed by atoms with van der Waals surface area (Å²) >= 11 is 0. The van der Waals surface area contributed by atoms with E-state index in [0.29, 0.717) is 12.4 Å². The highest BCUT2D eigenvalue weighted by molar-refractivity contribution is 5.91. The third-order valence-electron chi connectivity index (χ3n) is 5.44. The van der Waals surface area contributed by atoms with Gasteiger partial charge in [0.1, 0.15) is 0 Å². The number of aromatic nitrogens is 6. The van der Waals surface area contributed by atoms with Crippen molar-refractivity contribution in [3.8, 4) is 5.82 Å². The Morgan fingerprint density at radius 2 is 1.80 bits per heavy atom. The van der Waals surface area contributed by atoms with E-state index in [9.17, 15) is 4.79 Å². The lowest BCUT2D eigenvalue weighted by Crippen LogP contribution is -2.48. The van der Waals surface area contributed by atoms with Crippen molar-refractivity contribution in [2.24, 2.45) is 0 Å². The summed E-state index contributed by atoms with van der Waals surface area (Å²) in [6, 6.07) is 13.3. The van der Waals surface area contributed by atoms with E-state index in [-0.39, 0.29) is 5.56 Å². The predicted octanol–water partition coefficient (Wildman–Crippen LogP) is 1.19. The summed E-state index contributed by atoms with van der Waals surface area (Å²) in [5.41, 5.74) is -0.101. The number of hydrogen-bond acceptors (Lipinski definition) is 7. The molecule has 0 unspecified atom stereocenters. The minimum atomic E-state index is -0.101. The Morgan fingerprint density at radius 3 is 2.63 bits per heavy atom. The number of hydrogen-bond donors (Lipinski definition) is 0. The van der Waals surface area contributed by atoms with E-state index in [0.717, 1.165) is 49.3 Å². The molecule has 3 aromatic heterocycles. The topological polar surface area (TPSA) is 85.0 Å². The van der Waals surface area contributed by atoms with Crippen LogP contribution < -0.4 is 10.5 Å². The minimum Gasteiger partial charge on any atom is -0.352 e. The fourth-order valence-electron chi connectivity index (χ4n) is 3.79. The Bertz CT molecular complexity index is 1190. The van der Waals surface area contributed by atoms with Gasteiger partial charge in [-0.25, -0.2) is 9.36 Å². The SMILES string of the molecule is O=c1ccc(-n2cccn2)nn1CCN1CCN(c2nncc3ccccc23)CC1. The zero-order valence-corrected chi connectivity index (χ0v) is 16.5. The predicted molar refractivity (Wildman–Crippen MR) is 114 cm³/mol. The summed E-state index contributed by atoms with van der Waals surface area (Å²) in [4.78, 5) is 16.8. The molecular formula is C21H22N8O. The lowest BCUT2D eigenvalue weighted by molar-refractivity contribution is 0.242. The molecule has 1 aromatic carbocycles. The largest absolute Gasteiger partial charge is 0.352 e. The Morgan fingerprint density at radius 1 is 0.933 bits per heavy atom. The molecule has 1 aliphatic heterocycles. The molecule has 1 saturated heterocycles. The van der Waals surface area contributed by atoms with E-state index >= 15 is 0 Å². The van der Waals surface area contributed by atoms with Crippen LogP contribution in [0, 0.1) is 0 Å². The average Bonchev–Trinajstić information content (AvgIpc) is 3.34. The molecule has 9 heteroatoms. The van der Waals surface area contributed by atoms with Crippen molar-refractivity contribution in [1.82, 2.24) is 34.7 Å². The van der Waals surface area contributed by atoms with Crippen molar-refractivity contribution in [3.63, 3.8) is 0 Å². The van der Waals surface area contributed by atoms with Gasteiger partial charge in [0.25, 0.3) is 5.56 Å². The Hall–Kier alpha value is -3.59. The molecular weight excluding hydrogens is 380 g/mol. The maximum atomic E-state index is 12.2. The van der Waals surface area contributed by atoms with Gasteiger partial charge in [0, 0.05) is 62.0 Å². The van der Waals surface area contributed by atoms with Gasteiger partial charge in [-0.05, 0) is 12.1 Å². The lowest BCUT2D eigenvalue weighted by atomic mass is 10.1. The van der Waals surface area contributed by atoms with Crippen LogP contribution in [0.15, 0.2) is 65.8 Å². The molecule has 30 heavy (non-hydrogen) atoms. The van der Waals surface area contributed by atoms with Crippen LogP contribution in [0.1, 0.15) is 0 Å². The van der Waals surface area contributed by atoms with Crippen molar-refractivity contribution < 1.29 is 0 Å². The van der Waals surface area contributed by atoms with Crippen molar-refractivity contribution in [2.45, 2.75) is 6.54 Å². The molecule has 1 aliphatic rings. The number of benzene rings is 1. The van der Waals surface area contributed by atoms with Crippen LogP contribution in [-0.2, 0) is 6.54 Å². The van der Waals surface area contributed by atoms with Gasteiger partial charge in [0.15, 0.2) is 11.6 Å². The van der Waals surface area contributed by atoms with Crippen molar-refractivity contribution in [1.29, 1.82) is 0 Å². The van der Waals surface area contributed by atoms with Gasteiger partial charge in [-0.1, -0.05) is 24.3 Å². The number of piperazine rings is 1. The molecule has 0 spiro atoms. The molecule has 4 heterocycles. The van der Waals surface area contributed by atoms with Crippen molar-refractivity contribution in [2.75, 3.05) is 37.6 Å². The third-order valence-corrected chi connectivity index (χ3v) is 5.44. The molecule has 0 saturated carbocycles. The highest BCUT2D eigenvalue weighted by Crippen LogP contribution is 2.23. The molecule has 0 bridgehead atoms. The third kappa shape index (κ3) is 3.67. The first-order valence-electron chi connectivity index (χ1n) is 10.0. The molecule has 5 rings (SSSR count). The standard InChI is InChI=1S/C21H22N8O/c30-20-7-6-19(28-9-3-8-23-28)25-29(20)15-12-26-10-13-27(14-11-26)21-18-5-2-1-4-17(18)16-22-24-21/h1-9,16H,10-15H2. The van der Waals surface area contributed by atoms with E-state index in [2.05, 4.69) is 42.3 Å². The van der Waals surface area contributed by atoms with Gasteiger partial charge < -0.3 is 4.90 Å². The van der Waals surface area contributed by atoms with E-state index in [1.54, 1.807) is 29.2 Å². The van der Waals surface area contributed by atoms with Gasteiger partial charge in [0.2, 0.25) is 0 Å². The molecule has 1 fully saturated rings. The average molecular weight is 402 g/mol. The maximum absolute atomic E-state index is 12.2. The second-order valence-corrected chi connectivity index (χ2v) is 7.29. The molecule has 9 nitrogen and oxygen atoms in total. The highest BCUT2D eigenvalue weighted by Gasteiger charge is 2.20. The first-order valence-corrected chi connectivity index (χ1v) is 10.0. The Kier molecular flexibility index (Phi) is 4.94. The van der Waals surface area contributed by atoms with Crippen LogP contribution >= 0.6 is 0 Å². The molecule has 0 aliphatic carbocycles. The number of nitrogens with zero attached hydrogens (tertiary/aromatic N) is 8. The van der Waals surface area contributed by atoms with Crippen LogP contribution in [0.2, 0.25) is 0 Å². The second kappa shape index (κ2) is 8.03. The van der Waals surface area contributed by atoms with Crippen LogP contribution in [0.3, 0.4) is 0 Å². The summed E-state index contributed by atoms with van der Waals surface area (Å²) < 4.78 is 3.17. The molecule has 0 N–H and O–H groups in total. The van der Waals surface area contributed by atoms with E-state index in [1.165, 1.54) is 4.68 Å². The van der Waals surface area contributed by atoms with Gasteiger partial charge in [-0.2, -0.15) is 10.2 Å². The maximum Gasteiger partial charge on any atom is 0.266 e. The summed E-state index contributed by atoms with van der Waals surface area (Å²) in [6.45, 7) is 4.86. The van der Waals surface area contributed by atoms with E-state index in [1.807, 2.05) is 24.4 Å². The first kappa shape index (κ1) is 18.4. The molecule has 152 valence electrons. The van der Waals surface area contributed by atoms with E-state index in [4.69, 9.17) is 0 Å². The van der Waals surface area contributed by atoms with Crippen LogP contribution in [0.25, 0.3) is 16.6 Å². The van der Waals surface area contributed by atoms with Crippen molar-refractivity contribution >= 4 is 16.6 Å². The van der Waals surface area contributed by atoms with Crippen LogP contribution in [0.4, 0.5) is 5.82 Å². The molecule has 0 amide bonds. The second-order valence-electron chi connectivity index (χ2n) is 7.29. The fourth-order valence-corrected chi connectivity index (χ4v) is 3.79. The molecule has 0 radical (unpaired) electrons. The number of rotatable bonds is 5. The zero-order valence-electron chi connectivity index (χ0n) is 16.5. The smallest absolute Gasteiger partial charge is 0.266 e. The number of fused-ring (bicyclic) bond motifs is 1. The van der Waals surface area contributed by atoms with E-state index < -0.39 is 0 Å². The lowest BCUT2D eigenvalue weighted by Gasteiger charge is -2.35. The van der Waals surface area contributed by atoms with Crippen LogP contribution in [-0.4, -0.2) is 67.4 Å². The number of anilines is 1. The van der Waals surface area contributed by atoms with Gasteiger partial charge in [0.05, 0.1) is 12.7 Å². The zero-order chi connectivity index (χ0) is 20.3. The fraction of sp³-hybridized carbons (Fsp3) is 0.286.